The predicted octanol–water partition coefficient (Wildman–Crippen LogP) is 3.90. The molecule has 2 aromatic rings. The van der Waals surface area contributed by atoms with Crippen LogP contribution < -0.4 is 0 Å². The van der Waals surface area contributed by atoms with Crippen molar-refractivity contribution in [3.8, 4) is 0 Å². The lowest BCUT2D eigenvalue weighted by molar-refractivity contribution is -0.163. The summed E-state index contributed by atoms with van der Waals surface area (Å²) in [6.07, 6.45) is 4.04. The number of rotatable bonds is 1. The highest BCUT2D eigenvalue weighted by Gasteiger charge is 2.47. The van der Waals surface area contributed by atoms with Crippen molar-refractivity contribution in [2.75, 3.05) is 13.2 Å². The van der Waals surface area contributed by atoms with E-state index in [1.54, 1.807) is 13.0 Å². The van der Waals surface area contributed by atoms with Gasteiger partial charge in [-0.15, -0.1) is 0 Å². The molecule has 0 saturated carbocycles. The average molecular weight is 420 g/mol. The van der Waals surface area contributed by atoms with E-state index >= 15 is 0 Å². The Morgan fingerprint density at radius 2 is 2.16 bits per heavy atom. The van der Waals surface area contributed by atoms with Crippen molar-refractivity contribution >= 4 is 22.6 Å². The quantitative estimate of drug-likeness (QED) is 0.709. The van der Waals surface area contributed by atoms with Gasteiger partial charge in [-0.25, -0.2) is 14.2 Å². The van der Waals surface area contributed by atoms with Crippen LogP contribution in [0.5, 0.6) is 0 Å². The van der Waals surface area contributed by atoms with Crippen LogP contribution in [0.15, 0.2) is 23.3 Å². The van der Waals surface area contributed by atoms with E-state index in [0.29, 0.717) is 23.6 Å². The molecule has 1 N–H and O–H groups in total. The van der Waals surface area contributed by atoms with Gasteiger partial charge in [-0.2, -0.15) is 0 Å². The minimum atomic E-state index is -1.62. The molecule has 3 aliphatic heterocycles. The number of aryl methyl sites for hydroxylation is 1. The number of hydrogen-bond donors (Lipinski definition) is 1. The highest BCUT2D eigenvalue weighted by atomic mass is 19.1. The van der Waals surface area contributed by atoms with Gasteiger partial charge in [-0.3, -0.25) is 0 Å². The summed E-state index contributed by atoms with van der Waals surface area (Å²) in [5.41, 5.74) is 6.75. The van der Waals surface area contributed by atoms with Crippen LogP contribution in [0.3, 0.4) is 0 Å². The van der Waals surface area contributed by atoms with Crippen LogP contribution in [0.1, 0.15) is 60.6 Å². The van der Waals surface area contributed by atoms with Crippen molar-refractivity contribution in [1.82, 2.24) is 9.88 Å². The summed E-state index contributed by atoms with van der Waals surface area (Å²) in [4.78, 5) is 19.5. The molecule has 5 nitrogen and oxygen atoms in total. The number of ether oxygens (including phenoxy) is 1. The molecule has 4 heterocycles. The molecule has 6 heteroatoms. The molecule has 2 atom stereocenters. The van der Waals surface area contributed by atoms with Crippen molar-refractivity contribution < 1.29 is 19.0 Å². The fraction of sp³-hybridized carbons (Fsp3) is 0.440. The Morgan fingerprint density at radius 1 is 1.35 bits per heavy atom. The summed E-state index contributed by atoms with van der Waals surface area (Å²) in [5, 5.41) is 12.2. The zero-order valence-corrected chi connectivity index (χ0v) is 18.0. The van der Waals surface area contributed by atoms with Gasteiger partial charge in [0.2, 0.25) is 0 Å². The zero-order chi connectivity index (χ0) is 21.7. The molecule has 1 aliphatic carbocycles. The van der Waals surface area contributed by atoms with Gasteiger partial charge >= 0.3 is 5.97 Å². The first-order valence-electron chi connectivity index (χ1n) is 11.1. The van der Waals surface area contributed by atoms with Gasteiger partial charge in [-0.1, -0.05) is 13.8 Å². The predicted molar refractivity (Wildman–Crippen MR) is 115 cm³/mol. The third-order valence-electron chi connectivity index (χ3n) is 7.71. The molecule has 1 aromatic carbocycles. The lowest BCUT2D eigenvalue weighted by Gasteiger charge is -2.37. The SMILES string of the molecule is CC[C@]1(O)C(=O)OCC2=C1C=C1c3nc4cc(F)c(C)c5c4c(c3CN1C2)[C@H](C)CC5. The molecule has 0 fully saturated rings. The summed E-state index contributed by atoms with van der Waals surface area (Å²) in [6.45, 7) is 7.43. The Hall–Kier alpha value is -2.73. The zero-order valence-electron chi connectivity index (χ0n) is 18.0. The summed E-state index contributed by atoms with van der Waals surface area (Å²) in [7, 11) is 0. The smallest absolute Gasteiger partial charge is 0.343 e. The Balaban J connectivity index is 1.61. The minimum Gasteiger partial charge on any atom is -0.459 e. The third kappa shape index (κ3) is 2.34. The minimum absolute atomic E-state index is 0.205. The van der Waals surface area contributed by atoms with Gasteiger partial charge in [-0.05, 0) is 60.4 Å². The standard InChI is InChI=1S/C25H25FN2O3/c1-4-25(30)17-7-20-23-16(10-28(20)9-14(17)11-31-24(25)29)21-12(2)5-6-15-13(3)18(26)8-19(27-23)22(15)21/h7-8,12,30H,4-6,9-11H2,1-3H3/t12-,25-/m1/s1. The number of benzene rings is 1. The van der Waals surface area contributed by atoms with E-state index in [9.17, 15) is 14.3 Å². The summed E-state index contributed by atoms with van der Waals surface area (Å²) < 4.78 is 20.0. The second-order valence-corrected chi connectivity index (χ2v) is 9.34. The van der Waals surface area contributed by atoms with Crippen molar-refractivity contribution in [1.29, 1.82) is 0 Å². The fourth-order valence-corrected chi connectivity index (χ4v) is 5.91. The maximum Gasteiger partial charge on any atom is 0.343 e. The Labute approximate surface area is 180 Å². The second-order valence-electron chi connectivity index (χ2n) is 9.34. The Morgan fingerprint density at radius 3 is 2.94 bits per heavy atom. The lowest BCUT2D eigenvalue weighted by atomic mass is 9.79. The van der Waals surface area contributed by atoms with Crippen molar-refractivity contribution in [2.24, 2.45) is 0 Å². The number of aromatic nitrogens is 1. The number of carbonyl (C=O) groups is 1. The van der Waals surface area contributed by atoms with Crippen molar-refractivity contribution in [3.63, 3.8) is 0 Å². The third-order valence-corrected chi connectivity index (χ3v) is 7.71. The molecule has 160 valence electrons. The molecule has 1 aromatic heterocycles. The second kappa shape index (κ2) is 6.16. The van der Waals surface area contributed by atoms with Gasteiger partial charge in [0.15, 0.2) is 5.60 Å². The highest BCUT2D eigenvalue weighted by molar-refractivity contribution is 5.94. The summed E-state index contributed by atoms with van der Waals surface area (Å²) in [5.74, 6) is -0.420. The van der Waals surface area contributed by atoms with Crippen LogP contribution in [0.2, 0.25) is 0 Å². The van der Waals surface area contributed by atoms with Crippen LogP contribution >= 0.6 is 0 Å². The van der Waals surface area contributed by atoms with Crippen LogP contribution in [0.4, 0.5) is 4.39 Å². The number of esters is 1. The van der Waals surface area contributed by atoms with E-state index in [4.69, 9.17) is 9.72 Å². The number of pyridine rings is 1. The molecular weight excluding hydrogens is 395 g/mol. The summed E-state index contributed by atoms with van der Waals surface area (Å²) >= 11 is 0. The number of carbonyl (C=O) groups excluding carboxylic acids is 1. The van der Waals surface area contributed by atoms with Crippen LogP contribution in [-0.4, -0.2) is 39.7 Å². The van der Waals surface area contributed by atoms with Gasteiger partial charge < -0.3 is 14.7 Å². The lowest BCUT2D eigenvalue weighted by Crippen LogP contribution is -2.47. The van der Waals surface area contributed by atoms with Gasteiger partial charge in [0.1, 0.15) is 12.4 Å². The average Bonchev–Trinajstić information content (AvgIpc) is 3.11. The first-order chi connectivity index (χ1) is 14.8. The van der Waals surface area contributed by atoms with Gasteiger partial charge in [0.05, 0.1) is 16.9 Å². The molecule has 0 spiro atoms. The largest absolute Gasteiger partial charge is 0.459 e. The maximum absolute atomic E-state index is 14.7. The van der Waals surface area contributed by atoms with Crippen molar-refractivity contribution in [3.05, 3.63) is 57.1 Å². The molecular formula is C25H25FN2O3. The first-order valence-corrected chi connectivity index (χ1v) is 11.1. The highest BCUT2D eigenvalue weighted by Crippen LogP contribution is 2.48. The topological polar surface area (TPSA) is 62.7 Å². The number of cyclic esters (lactones) is 1. The van der Waals surface area contributed by atoms with Crippen molar-refractivity contribution in [2.45, 2.75) is 58.1 Å². The molecule has 0 bridgehead atoms. The van der Waals surface area contributed by atoms with E-state index in [0.717, 1.165) is 52.9 Å². The van der Waals surface area contributed by atoms with E-state index < -0.39 is 11.6 Å². The molecule has 0 radical (unpaired) electrons. The molecule has 31 heavy (non-hydrogen) atoms. The Bertz CT molecular complexity index is 1260. The van der Waals surface area contributed by atoms with E-state index in [1.165, 1.54) is 11.1 Å². The molecule has 0 amide bonds. The molecule has 0 saturated heterocycles. The molecule has 6 rings (SSSR count). The van der Waals surface area contributed by atoms with Gasteiger partial charge in [0.25, 0.3) is 0 Å². The molecule has 4 aliphatic rings. The number of nitrogens with zero attached hydrogens (tertiary/aromatic N) is 2. The van der Waals surface area contributed by atoms with Crippen LogP contribution in [0.25, 0.3) is 16.6 Å². The summed E-state index contributed by atoms with van der Waals surface area (Å²) in [6, 6.07) is 1.56. The van der Waals surface area contributed by atoms with E-state index in [1.807, 2.05) is 13.0 Å². The normalized spacial score (nSPS) is 26.5. The number of aliphatic hydroxyl groups is 1. The van der Waals surface area contributed by atoms with E-state index in [2.05, 4.69) is 11.8 Å². The fourth-order valence-electron chi connectivity index (χ4n) is 5.91. The first kappa shape index (κ1) is 19.0. The molecule has 0 unspecified atom stereocenters. The Kier molecular flexibility index (Phi) is 3.77. The van der Waals surface area contributed by atoms with E-state index in [-0.39, 0.29) is 18.8 Å². The van der Waals surface area contributed by atoms with Gasteiger partial charge in [0, 0.05) is 35.7 Å². The number of halogens is 1. The van der Waals surface area contributed by atoms with Crippen LogP contribution in [0, 0.1) is 12.7 Å². The maximum atomic E-state index is 14.7. The number of hydrogen-bond acceptors (Lipinski definition) is 5. The number of fused-ring (bicyclic) bond motifs is 4. The van der Waals surface area contributed by atoms with Crippen LogP contribution in [-0.2, 0) is 22.5 Å². The monoisotopic (exact) mass is 420 g/mol.